The lowest BCUT2D eigenvalue weighted by Gasteiger charge is -2.25. The Morgan fingerprint density at radius 2 is 1.61 bits per heavy atom. The first kappa shape index (κ1) is 17.4. The van der Waals surface area contributed by atoms with E-state index in [0.29, 0.717) is 18.1 Å². The molecule has 0 aromatic rings. The Morgan fingerprint density at radius 3 is 1.94 bits per heavy atom. The fourth-order valence-corrected chi connectivity index (χ4v) is 2.84. The van der Waals surface area contributed by atoms with Gasteiger partial charge in [-0.25, -0.2) is 0 Å². The zero-order chi connectivity index (χ0) is 14.1. The van der Waals surface area contributed by atoms with Gasteiger partial charge in [0.25, 0.3) is 0 Å². The molecule has 0 aliphatic heterocycles. The highest BCUT2D eigenvalue weighted by Crippen LogP contribution is 2.31. The lowest BCUT2D eigenvalue weighted by Crippen LogP contribution is -2.20. The monoisotopic (exact) mass is 252 g/mol. The number of Topliss-reactive ketones (excluding diaryl/α,β-unsaturated/α-hetero) is 1. The molecule has 0 aromatic carbocycles. The predicted octanol–water partition coefficient (Wildman–Crippen LogP) is 5.54. The second-order valence-electron chi connectivity index (χ2n) is 5.45. The zero-order valence-corrected chi connectivity index (χ0v) is 13.3. The van der Waals surface area contributed by atoms with Gasteiger partial charge in [-0.3, -0.25) is 4.79 Å². The number of hydrogen-bond acceptors (Lipinski definition) is 1. The molecule has 18 heavy (non-hydrogen) atoms. The zero-order valence-electron chi connectivity index (χ0n) is 13.3. The summed E-state index contributed by atoms with van der Waals surface area (Å²) in [4.78, 5) is 12.1. The van der Waals surface area contributed by atoms with Crippen molar-refractivity contribution in [2.75, 3.05) is 0 Å². The maximum absolute atomic E-state index is 12.1. The summed E-state index contributed by atoms with van der Waals surface area (Å²) in [7, 11) is 0. The summed E-state index contributed by atoms with van der Waals surface area (Å²) in [6.45, 7) is 13.1. The molecule has 0 spiro atoms. The van der Waals surface area contributed by atoms with Crippen LogP contribution in [0.4, 0.5) is 0 Å². The number of rotatable bonds is 9. The second kappa shape index (κ2) is 9.35. The summed E-state index contributed by atoms with van der Waals surface area (Å²) in [5.41, 5.74) is 2.99. The third-order valence-electron chi connectivity index (χ3n) is 3.81. The molecule has 0 aliphatic rings. The van der Waals surface area contributed by atoms with Crippen molar-refractivity contribution in [3.8, 4) is 0 Å². The van der Waals surface area contributed by atoms with Crippen molar-refractivity contribution in [1.82, 2.24) is 0 Å². The van der Waals surface area contributed by atoms with Gasteiger partial charge in [-0.2, -0.15) is 0 Å². The molecule has 0 bridgehead atoms. The average Bonchev–Trinajstić information content (AvgIpc) is 2.37. The average molecular weight is 252 g/mol. The van der Waals surface area contributed by atoms with Crippen LogP contribution in [-0.2, 0) is 4.79 Å². The minimum atomic E-state index is 0.168. The van der Waals surface area contributed by atoms with Gasteiger partial charge in [0, 0.05) is 12.3 Å². The standard InChI is InChI=1S/C17H32O/c1-7-11-12-14(8-2)17(13(5)6)15(9-3)16(18)10-4/h13,15H,7-12H2,1-6H3/b17-14-. The van der Waals surface area contributed by atoms with E-state index in [4.69, 9.17) is 0 Å². The Morgan fingerprint density at radius 1 is 1.00 bits per heavy atom. The Hall–Kier alpha value is -0.590. The van der Waals surface area contributed by atoms with Crippen LogP contribution in [-0.4, -0.2) is 5.78 Å². The van der Waals surface area contributed by atoms with Crippen molar-refractivity contribution < 1.29 is 4.79 Å². The molecular formula is C17H32O. The van der Waals surface area contributed by atoms with Crippen LogP contribution in [0.3, 0.4) is 0 Å². The molecule has 0 fully saturated rings. The van der Waals surface area contributed by atoms with Crippen LogP contribution in [0.5, 0.6) is 0 Å². The lowest BCUT2D eigenvalue weighted by atomic mass is 9.79. The highest BCUT2D eigenvalue weighted by Gasteiger charge is 2.24. The summed E-state index contributed by atoms with van der Waals surface area (Å²) in [5, 5.41) is 0. The van der Waals surface area contributed by atoms with Gasteiger partial charge in [0.2, 0.25) is 0 Å². The highest BCUT2D eigenvalue weighted by molar-refractivity contribution is 5.83. The quantitative estimate of drug-likeness (QED) is 0.492. The van der Waals surface area contributed by atoms with Crippen molar-refractivity contribution in [1.29, 1.82) is 0 Å². The molecule has 0 N–H and O–H groups in total. The molecule has 0 amide bonds. The third kappa shape index (κ3) is 4.96. The van der Waals surface area contributed by atoms with E-state index in [1.54, 1.807) is 5.57 Å². The minimum Gasteiger partial charge on any atom is -0.299 e. The van der Waals surface area contributed by atoms with E-state index in [2.05, 4.69) is 34.6 Å². The maximum atomic E-state index is 12.1. The number of unbranched alkanes of at least 4 members (excludes halogenated alkanes) is 1. The Kier molecular flexibility index (Phi) is 9.05. The largest absolute Gasteiger partial charge is 0.299 e. The van der Waals surface area contributed by atoms with Gasteiger partial charge in [0.15, 0.2) is 0 Å². The summed E-state index contributed by atoms with van der Waals surface area (Å²) in [6.07, 6.45) is 6.37. The molecule has 0 heterocycles. The van der Waals surface area contributed by atoms with Gasteiger partial charge in [0.1, 0.15) is 5.78 Å². The van der Waals surface area contributed by atoms with Gasteiger partial charge < -0.3 is 0 Å². The molecule has 0 radical (unpaired) electrons. The molecule has 1 unspecified atom stereocenters. The van der Waals surface area contributed by atoms with Crippen molar-refractivity contribution in [2.24, 2.45) is 11.8 Å². The smallest absolute Gasteiger partial charge is 0.139 e. The van der Waals surface area contributed by atoms with Crippen LogP contribution in [0.1, 0.15) is 80.1 Å². The van der Waals surface area contributed by atoms with Gasteiger partial charge in [-0.15, -0.1) is 0 Å². The van der Waals surface area contributed by atoms with Crippen LogP contribution < -0.4 is 0 Å². The Balaban J connectivity index is 5.33. The molecule has 0 saturated heterocycles. The number of ketones is 1. The molecule has 0 rings (SSSR count). The molecular weight excluding hydrogens is 220 g/mol. The van der Waals surface area contributed by atoms with E-state index in [1.807, 2.05) is 6.92 Å². The number of carbonyl (C=O) groups is 1. The van der Waals surface area contributed by atoms with Crippen LogP contribution >= 0.6 is 0 Å². The van der Waals surface area contributed by atoms with E-state index in [9.17, 15) is 4.79 Å². The van der Waals surface area contributed by atoms with Crippen LogP contribution in [0.2, 0.25) is 0 Å². The van der Waals surface area contributed by atoms with Gasteiger partial charge in [0.05, 0.1) is 0 Å². The minimum absolute atomic E-state index is 0.168. The molecule has 0 aliphatic carbocycles. The first-order chi connectivity index (χ1) is 8.53. The lowest BCUT2D eigenvalue weighted by molar-refractivity contribution is -0.121. The predicted molar refractivity (Wildman–Crippen MR) is 80.8 cm³/mol. The summed E-state index contributed by atoms with van der Waals surface area (Å²) in [6, 6.07) is 0. The van der Waals surface area contributed by atoms with Crippen LogP contribution in [0.15, 0.2) is 11.1 Å². The molecule has 1 heteroatoms. The normalized spacial score (nSPS) is 14.6. The Labute approximate surface area is 114 Å². The van der Waals surface area contributed by atoms with E-state index in [0.717, 1.165) is 12.8 Å². The molecule has 0 aromatic heterocycles. The molecule has 1 atom stereocenters. The SMILES string of the molecule is CCCC/C(CC)=C(/C(C)C)C(CC)C(=O)CC. The van der Waals surface area contributed by atoms with Crippen molar-refractivity contribution >= 4 is 5.78 Å². The number of carbonyl (C=O) groups excluding carboxylic acids is 1. The highest BCUT2D eigenvalue weighted by atomic mass is 16.1. The van der Waals surface area contributed by atoms with E-state index >= 15 is 0 Å². The number of hydrogen-bond donors (Lipinski definition) is 0. The Bertz CT molecular complexity index is 273. The van der Waals surface area contributed by atoms with Gasteiger partial charge in [-0.05, 0) is 31.6 Å². The van der Waals surface area contributed by atoms with Gasteiger partial charge >= 0.3 is 0 Å². The van der Waals surface area contributed by atoms with Crippen molar-refractivity contribution in [3.63, 3.8) is 0 Å². The third-order valence-corrected chi connectivity index (χ3v) is 3.81. The summed E-state index contributed by atoms with van der Waals surface area (Å²) in [5.74, 6) is 1.09. The summed E-state index contributed by atoms with van der Waals surface area (Å²) >= 11 is 0. The first-order valence-electron chi connectivity index (χ1n) is 7.77. The molecule has 0 saturated carbocycles. The van der Waals surface area contributed by atoms with E-state index < -0.39 is 0 Å². The summed E-state index contributed by atoms with van der Waals surface area (Å²) < 4.78 is 0. The second-order valence-corrected chi connectivity index (χ2v) is 5.45. The fourth-order valence-electron chi connectivity index (χ4n) is 2.84. The number of allylic oxidation sites excluding steroid dienone is 2. The van der Waals surface area contributed by atoms with Crippen molar-refractivity contribution in [2.45, 2.75) is 80.1 Å². The fraction of sp³-hybridized carbons (Fsp3) is 0.824. The molecule has 106 valence electrons. The van der Waals surface area contributed by atoms with Crippen LogP contribution in [0.25, 0.3) is 0 Å². The maximum Gasteiger partial charge on any atom is 0.139 e. The topological polar surface area (TPSA) is 17.1 Å². The first-order valence-corrected chi connectivity index (χ1v) is 7.77. The van der Waals surface area contributed by atoms with E-state index in [1.165, 1.54) is 24.8 Å². The van der Waals surface area contributed by atoms with E-state index in [-0.39, 0.29) is 5.92 Å². The van der Waals surface area contributed by atoms with Gasteiger partial charge in [-0.1, -0.05) is 59.1 Å². The van der Waals surface area contributed by atoms with Crippen LogP contribution in [0, 0.1) is 11.8 Å². The molecule has 1 nitrogen and oxygen atoms in total. The van der Waals surface area contributed by atoms with Crippen molar-refractivity contribution in [3.05, 3.63) is 11.1 Å².